The van der Waals surface area contributed by atoms with Crippen LogP contribution in [0.5, 0.6) is 11.5 Å². The Morgan fingerprint density at radius 1 is 1.07 bits per heavy atom. The molecule has 2 rings (SSSR count). The summed E-state index contributed by atoms with van der Waals surface area (Å²) in [5, 5.41) is 9.44. The number of ether oxygens (including phenoxy) is 2. The molecular weight excluding hydrogens is 368 g/mol. The van der Waals surface area contributed by atoms with E-state index < -0.39 is 0 Å². The number of carbonyl (C=O) groups excluding carboxylic acids is 1. The van der Waals surface area contributed by atoms with Crippen LogP contribution in [0.25, 0.3) is 0 Å². The van der Waals surface area contributed by atoms with Gasteiger partial charge in [-0.1, -0.05) is 25.3 Å². The molecule has 0 atom stereocenters. The van der Waals surface area contributed by atoms with Crippen LogP contribution in [0.4, 0.5) is 0 Å². The zero-order valence-corrected chi connectivity index (χ0v) is 18.1. The lowest BCUT2D eigenvalue weighted by Crippen LogP contribution is -2.46. The van der Waals surface area contributed by atoms with Crippen molar-refractivity contribution in [2.24, 2.45) is 4.99 Å². The van der Waals surface area contributed by atoms with Gasteiger partial charge in [-0.2, -0.15) is 0 Å². The summed E-state index contributed by atoms with van der Waals surface area (Å²) in [4.78, 5) is 16.3. The third kappa shape index (κ3) is 8.21. The van der Waals surface area contributed by atoms with Gasteiger partial charge in [-0.3, -0.25) is 9.79 Å². The van der Waals surface area contributed by atoms with Crippen LogP contribution in [-0.4, -0.2) is 51.3 Å². The summed E-state index contributed by atoms with van der Waals surface area (Å²) in [5.74, 6) is 2.19. The number of nitrogens with zero attached hydrogens (tertiary/aromatic N) is 1. The molecule has 0 aromatic heterocycles. The minimum Gasteiger partial charge on any atom is -0.490 e. The van der Waals surface area contributed by atoms with Gasteiger partial charge in [-0.05, 0) is 50.8 Å². The highest BCUT2D eigenvalue weighted by Crippen LogP contribution is 2.28. The van der Waals surface area contributed by atoms with Crippen LogP contribution < -0.4 is 25.4 Å². The molecule has 7 heteroatoms. The van der Waals surface area contributed by atoms with Gasteiger partial charge in [0.25, 0.3) is 0 Å². The van der Waals surface area contributed by atoms with Crippen LogP contribution in [0.3, 0.4) is 0 Å². The molecule has 1 fully saturated rings. The van der Waals surface area contributed by atoms with Crippen LogP contribution in [0, 0.1) is 0 Å². The maximum absolute atomic E-state index is 12.1. The Morgan fingerprint density at radius 3 is 2.48 bits per heavy atom. The van der Waals surface area contributed by atoms with Gasteiger partial charge in [0.1, 0.15) is 0 Å². The molecule has 0 heterocycles. The van der Waals surface area contributed by atoms with Gasteiger partial charge in [0, 0.05) is 19.6 Å². The second kappa shape index (κ2) is 12.9. The molecule has 1 aliphatic carbocycles. The van der Waals surface area contributed by atoms with E-state index in [0.29, 0.717) is 31.8 Å². The van der Waals surface area contributed by atoms with E-state index in [1.807, 2.05) is 32.0 Å². The average molecular weight is 405 g/mol. The molecule has 0 radical (unpaired) electrons. The molecule has 0 saturated heterocycles. The lowest BCUT2D eigenvalue weighted by Gasteiger charge is -2.23. The Balaban J connectivity index is 1.74. The van der Waals surface area contributed by atoms with Crippen molar-refractivity contribution in [3.8, 4) is 11.5 Å². The number of guanidine groups is 1. The van der Waals surface area contributed by atoms with Crippen molar-refractivity contribution in [3.63, 3.8) is 0 Å². The van der Waals surface area contributed by atoms with Crippen molar-refractivity contribution in [1.29, 1.82) is 0 Å². The second-order valence-electron chi connectivity index (χ2n) is 7.15. The topological polar surface area (TPSA) is 84.0 Å². The van der Waals surface area contributed by atoms with Gasteiger partial charge in [0.2, 0.25) is 5.91 Å². The molecule has 7 nitrogen and oxygen atoms in total. The maximum Gasteiger partial charge on any atom is 0.239 e. The van der Waals surface area contributed by atoms with Gasteiger partial charge in [-0.25, -0.2) is 0 Å². The third-order valence-corrected chi connectivity index (χ3v) is 4.92. The highest BCUT2D eigenvalue weighted by molar-refractivity contribution is 5.86. The van der Waals surface area contributed by atoms with E-state index in [-0.39, 0.29) is 12.5 Å². The number of amides is 1. The maximum atomic E-state index is 12.1. The largest absolute Gasteiger partial charge is 0.490 e. The first-order chi connectivity index (χ1) is 14.2. The fraction of sp³-hybridized carbons (Fsp3) is 0.636. The monoisotopic (exact) mass is 404 g/mol. The molecule has 1 saturated carbocycles. The summed E-state index contributed by atoms with van der Waals surface area (Å²) in [6.07, 6.45) is 6.68. The molecule has 162 valence electrons. The molecule has 1 aromatic carbocycles. The summed E-state index contributed by atoms with van der Waals surface area (Å²) in [6, 6.07) is 6.34. The Bertz CT molecular complexity index is 657. The Kier molecular flexibility index (Phi) is 10.2. The average Bonchev–Trinajstić information content (AvgIpc) is 2.73. The van der Waals surface area contributed by atoms with E-state index in [9.17, 15) is 4.79 Å². The summed E-state index contributed by atoms with van der Waals surface area (Å²) in [6.45, 7) is 6.06. The first kappa shape index (κ1) is 22.8. The molecular formula is C22H36N4O3. The highest BCUT2D eigenvalue weighted by atomic mass is 16.5. The Labute approximate surface area is 174 Å². The van der Waals surface area contributed by atoms with Gasteiger partial charge >= 0.3 is 0 Å². The highest BCUT2D eigenvalue weighted by Gasteiger charge is 2.15. The van der Waals surface area contributed by atoms with E-state index in [1.165, 1.54) is 19.3 Å². The zero-order valence-electron chi connectivity index (χ0n) is 18.1. The fourth-order valence-electron chi connectivity index (χ4n) is 3.49. The number of hydrogen-bond donors (Lipinski definition) is 3. The van der Waals surface area contributed by atoms with Gasteiger partial charge < -0.3 is 25.4 Å². The molecule has 0 bridgehead atoms. The molecule has 1 aromatic rings. The summed E-state index contributed by atoms with van der Waals surface area (Å²) >= 11 is 0. The number of aliphatic imine (C=N–C) groups is 1. The zero-order chi connectivity index (χ0) is 20.9. The summed E-state index contributed by atoms with van der Waals surface area (Å²) in [5.41, 5.74) is 1.15. The van der Waals surface area contributed by atoms with E-state index in [2.05, 4.69) is 20.9 Å². The SMILES string of the molecule is CCOc1ccc(CCNC(=NC)NCC(=O)NC2CCCCC2)cc1OCC. The first-order valence-corrected chi connectivity index (χ1v) is 10.8. The van der Waals surface area contributed by atoms with Crippen molar-refractivity contribution in [2.75, 3.05) is 33.4 Å². The summed E-state index contributed by atoms with van der Waals surface area (Å²) in [7, 11) is 1.71. The molecule has 1 aliphatic rings. The quantitative estimate of drug-likeness (QED) is 0.412. The summed E-state index contributed by atoms with van der Waals surface area (Å²) < 4.78 is 11.3. The van der Waals surface area contributed by atoms with Crippen LogP contribution in [0.15, 0.2) is 23.2 Å². The normalized spacial score (nSPS) is 14.9. The number of carbonyl (C=O) groups is 1. The van der Waals surface area contributed by atoms with Crippen molar-refractivity contribution >= 4 is 11.9 Å². The molecule has 0 unspecified atom stereocenters. The predicted molar refractivity (Wildman–Crippen MR) is 117 cm³/mol. The molecule has 3 N–H and O–H groups in total. The van der Waals surface area contributed by atoms with Gasteiger partial charge in [0.15, 0.2) is 17.5 Å². The van der Waals surface area contributed by atoms with Crippen LogP contribution in [-0.2, 0) is 11.2 Å². The lowest BCUT2D eigenvalue weighted by atomic mass is 9.95. The van der Waals surface area contributed by atoms with Crippen LogP contribution >= 0.6 is 0 Å². The standard InChI is InChI=1S/C22H36N4O3/c1-4-28-19-12-11-17(15-20(19)29-5-2)13-14-24-22(23-3)25-16-21(27)26-18-9-7-6-8-10-18/h11-12,15,18H,4-10,13-14,16H2,1-3H3,(H,26,27)(H2,23,24,25). The predicted octanol–water partition coefficient (Wildman–Crippen LogP) is 2.64. The number of nitrogens with one attached hydrogen (secondary N) is 3. The third-order valence-electron chi connectivity index (χ3n) is 4.92. The van der Waals surface area contributed by atoms with Crippen molar-refractivity contribution < 1.29 is 14.3 Å². The van der Waals surface area contributed by atoms with Crippen molar-refractivity contribution in [2.45, 2.75) is 58.4 Å². The van der Waals surface area contributed by atoms with Crippen molar-refractivity contribution in [3.05, 3.63) is 23.8 Å². The smallest absolute Gasteiger partial charge is 0.239 e. The number of hydrogen-bond acceptors (Lipinski definition) is 4. The number of benzene rings is 1. The van der Waals surface area contributed by atoms with Crippen molar-refractivity contribution in [1.82, 2.24) is 16.0 Å². The van der Waals surface area contributed by atoms with E-state index in [1.54, 1.807) is 7.05 Å². The van der Waals surface area contributed by atoms with Gasteiger partial charge in [0.05, 0.1) is 19.8 Å². The first-order valence-electron chi connectivity index (χ1n) is 10.8. The lowest BCUT2D eigenvalue weighted by molar-refractivity contribution is -0.120. The van der Waals surface area contributed by atoms with E-state index in [4.69, 9.17) is 9.47 Å². The molecule has 0 spiro atoms. The molecule has 29 heavy (non-hydrogen) atoms. The minimum absolute atomic E-state index is 0.0210. The van der Waals surface area contributed by atoms with Gasteiger partial charge in [-0.15, -0.1) is 0 Å². The van der Waals surface area contributed by atoms with E-state index in [0.717, 1.165) is 36.3 Å². The van der Waals surface area contributed by atoms with Crippen LogP contribution in [0.2, 0.25) is 0 Å². The Hall–Kier alpha value is -2.44. The molecule has 0 aliphatic heterocycles. The fourth-order valence-corrected chi connectivity index (χ4v) is 3.49. The molecule has 1 amide bonds. The minimum atomic E-state index is 0.0210. The van der Waals surface area contributed by atoms with E-state index >= 15 is 0 Å². The second-order valence-corrected chi connectivity index (χ2v) is 7.15. The Morgan fingerprint density at radius 2 is 1.79 bits per heavy atom. The number of rotatable bonds is 10. The van der Waals surface area contributed by atoms with Crippen LogP contribution in [0.1, 0.15) is 51.5 Å².